The molecule has 1 atom stereocenters. The lowest BCUT2D eigenvalue weighted by atomic mass is 10.1. The molecule has 0 aliphatic heterocycles. The van der Waals surface area contributed by atoms with Crippen LogP contribution in [0.1, 0.15) is 29.1 Å². The Morgan fingerprint density at radius 1 is 1.56 bits per heavy atom. The van der Waals surface area contributed by atoms with Crippen molar-refractivity contribution in [2.75, 3.05) is 5.73 Å². The molecule has 0 fully saturated rings. The Kier molecular flexibility index (Phi) is 3.42. The number of halogens is 1. The van der Waals surface area contributed by atoms with Crippen molar-refractivity contribution in [2.24, 2.45) is 0 Å². The summed E-state index contributed by atoms with van der Waals surface area (Å²) in [5, 5.41) is 16.5. The third kappa shape index (κ3) is 2.57. The van der Waals surface area contributed by atoms with Crippen molar-refractivity contribution in [3.8, 4) is 0 Å². The van der Waals surface area contributed by atoms with Crippen LogP contribution < -0.4 is 11.1 Å². The molecular weight excluding hydrogens is 256 g/mol. The van der Waals surface area contributed by atoms with Gasteiger partial charge < -0.3 is 11.1 Å². The summed E-state index contributed by atoms with van der Waals surface area (Å²) in [5.41, 5.74) is 6.39. The average Bonchev–Trinajstić information content (AvgIpc) is 2.85. The summed E-state index contributed by atoms with van der Waals surface area (Å²) < 4.78 is 0. The largest absolute Gasteiger partial charge is 0.398 e. The SMILES string of the molecule is CC(NC(=O)c1cc(Cl)ccc1N)c1nn[nH]n1. The van der Waals surface area contributed by atoms with Gasteiger partial charge in [0, 0.05) is 10.7 Å². The Labute approximate surface area is 108 Å². The zero-order valence-corrected chi connectivity index (χ0v) is 10.3. The van der Waals surface area contributed by atoms with E-state index in [1.807, 2.05) is 0 Å². The highest BCUT2D eigenvalue weighted by molar-refractivity contribution is 6.31. The highest BCUT2D eigenvalue weighted by Crippen LogP contribution is 2.18. The van der Waals surface area contributed by atoms with Crippen molar-refractivity contribution in [3.63, 3.8) is 0 Å². The molecule has 1 aromatic heterocycles. The van der Waals surface area contributed by atoms with Crippen molar-refractivity contribution in [1.82, 2.24) is 25.9 Å². The monoisotopic (exact) mass is 266 g/mol. The molecule has 1 heterocycles. The van der Waals surface area contributed by atoms with Crippen LogP contribution in [-0.2, 0) is 0 Å². The summed E-state index contributed by atoms with van der Waals surface area (Å²) in [7, 11) is 0. The number of aromatic amines is 1. The maximum Gasteiger partial charge on any atom is 0.254 e. The Hall–Kier alpha value is -2.15. The van der Waals surface area contributed by atoms with Gasteiger partial charge in [-0.3, -0.25) is 4.79 Å². The molecule has 0 saturated carbocycles. The summed E-state index contributed by atoms with van der Waals surface area (Å²) in [5.74, 6) is 0.0521. The lowest BCUT2D eigenvalue weighted by molar-refractivity contribution is 0.0939. The van der Waals surface area contributed by atoms with Crippen molar-refractivity contribution < 1.29 is 4.79 Å². The van der Waals surface area contributed by atoms with Crippen molar-refractivity contribution in [3.05, 3.63) is 34.6 Å². The Bertz CT molecular complexity index is 556. The first-order valence-electron chi connectivity index (χ1n) is 5.17. The first-order valence-corrected chi connectivity index (χ1v) is 5.55. The van der Waals surface area contributed by atoms with E-state index in [2.05, 4.69) is 25.9 Å². The smallest absolute Gasteiger partial charge is 0.254 e. The predicted molar refractivity (Wildman–Crippen MR) is 65.9 cm³/mol. The molecule has 18 heavy (non-hydrogen) atoms. The second kappa shape index (κ2) is 5.01. The molecule has 8 heteroatoms. The van der Waals surface area contributed by atoms with Gasteiger partial charge in [-0.1, -0.05) is 16.8 Å². The lowest BCUT2D eigenvalue weighted by Gasteiger charge is -2.11. The van der Waals surface area contributed by atoms with E-state index in [1.165, 1.54) is 6.07 Å². The standard InChI is InChI=1S/C10H11ClN6O/c1-5(9-14-16-17-15-9)13-10(18)7-4-6(11)2-3-8(7)12/h2-5H,12H2,1H3,(H,13,18)(H,14,15,16,17). The van der Waals surface area contributed by atoms with Crippen LogP contribution in [0, 0.1) is 0 Å². The van der Waals surface area contributed by atoms with Crippen LogP contribution in [0.15, 0.2) is 18.2 Å². The van der Waals surface area contributed by atoms with Crippen LogP contribution >= 0.6 is 11.6 Å². The number of hydrogen-bond donors (Lipinski definition) is 3. The first kappa shape index (κ1) is 12.3. The molecule has 0 radical (unpaired) electrons. The van der Waals surface area contributed by atoms with Gasteiger partial charge in [-0.2, -0.15) is 5.21 Å². The number of carbonyl (C=O) groups excluding carboxylic acids is 1. The number of rotatable bonds is 3. The molecule has 0 saturated heterocycles. The maximum absolute atomic E-state index is 12.0. The van der Waals surface area contributed by atoms with Gasteiger partial charge in [0.15, 0.2) is 5.82 Å². The number of aromatic nitrogens is 4. The minimum Gasteiger partial charge on any atom is -0.398 e. The topological polar surface area (TPSA) is 110 Å². The van der Waals surface area contributed by atoms with Gasteiger partial charge >= 0.3 is 0 Å². The number of amides is 1. The number of benzene rings is 1. The van der Waals surface area contributed by atoms with E-state index in [0.717, 1.165) is 0 Å². The van der Waals surface area contributed by atoms with Crippen LogP contribution in [-0.4, -0.2) is 26.5 Å². The summed E-state index contributed by atoms with van der Waals surface area (Å²) in [6.45, 7) is 1.74. The lowest BCUT2D eigenvalue weighted by Crippen LogP contribution is -2.28. The Morgan fingerprint density at radius 2 is 2.33 bits per heavy atom. The van der Waals surface area contributed by atoms with Gasteiger partial charge in [0.2, 0.25) is 0 Å². The maximum atomic E-state index is 12.0. The fourth-order valence-corrected chi connectivity index (χ4v) is 1.59. The van der Waals surface area contributed by atoms with Gasteiger partial charge in [0.25, 0.3) is 5.91 Å². The molecule has 94 valence electrons. The zero-order valence-electron chi connectivity index (χ0n) is 9.51. The summed E-state index contributed by atoms with van der Waals surface area (Å²) >= 11 is 5.82. The van der Waals surface area contributed by atoms with Crippen molar-refractivity contribution >= 4 is 23.2 Å². The van der Waals surface area contributed by atoms with E-state index in [0.29, 0.717) is 22.1 Å². The zero-order chi connectivity index (χ0) is 13.1. The fourth-order valence-electron chi connectivity index (χ4n) is 1.42. The third-order valence-electron chi connectivity index (χ3n) is 2.36. The number of carbonyl (C=O) groups is 1. The molecule has 0 spiro atoms. The molecule has 1 aromatic carbocycles. The third-order valence-corrected chi connectivity index (χ3v) is 2.59. The molecule has 4 N–H and O–H groups in total. The van der Waals surface area contributed by atoms with Gasteiger partial charge in [-0.05, 0) is 25.1 Å². The minimum atomic E-state index is -0.380. The van der Waals surface area contributed by atoms with Crippen LogP contribution in [0.5, 0.6) is 0 Å². The van der Waals surface area contributed by atoms with Crippen LogP contribution in [0.25, 0.3) is 0 Å². The second-order valence-corrected chi connectivity index (χ2v) is 4.13. The van der Waals surface area contributed by atoms with Crippen molar-refractivity contribution in [1.29, 1.82) is 0 Å². The van der Waals surface area contributed by atoms with E-state index < -0.39 is 0 Å². The highest BCUT2D eigenvalue weighted by atomic mass is 35.5. The van der Waals surface area contributed by atoms with E-state index >= 15 is 0 Å². The number of nitrogens with zero attached hydrogens (tertiary/aromatic N) is 3. The van der Waals surface area contributed by atoms with E-state index in [1.54, 1.807) is 19.1 Å². The molecular formula is C10H11ClN6O. The number of tetrazole rings is 1. The number of anilines is 1. The van der Waals surface area contributed by atoms with E-state index in [-0.39, 0.29) is 11.9 Å². The highest BCUT2D eigenvalue weighted by Gasteiger charge is 2.16. The molecule has 7 nitrogen and oxygen atoms in total. The van der Waals surface area contributed by atoms with Gasteiger partial charge in [0.05, 0.1) is 11.6 Å². The van der Waals surface area contributed by atoms with Gasteiger partial charge in [-0.25, -0.2) is 0 Å². The first-order chi connectivity index (χ1) is 8.58. The number of hydrogen-bond acceptors (Lipinski definition) is 5. The fraction of sp³-hybridized carbons (Fsp3) is 0.200. The van der Waals surface area contributed by atoms with Gasteiger partial charge in [-0.15, -0.1) is 10.2 Å². The molecule has 1 amide bonds. The van der Waals surface area contributed by atoms with Crippen molar-refractivity contribution in [2.45, 2.75) is 13.0 Å². The number of H-pyrrole nitrogens is 1. The Balaban J connectivity index is 2.15. The second-order valence-electron chi connectivity index (χ2n) is 3.70. The molecule has 1 unspecified atom stereocenters. The molecule has 2 rings (SSSR count). The van der Waals surface area contributed by atoms with E-state index in [9.17, 15) is 4.79 Å². The normalized spacial score (nSPS) is 12.1. The molecule has 0 bridgehead atoms. The van der Waals surface area contributed by atoms with Crippen LogP contribution in [0.4, 0.5) is 5.69 Å². The predicted octanol–water partition coefficient (Wildman–Crippen LogP) is 0.926. The summed E-state index contributed by atoms with van der Waals surface area (Å²) in [6.07, 6.45) is 0. The summed E-state index contributed by atoms with van der Waals surface area (Å²) in [6, 6.07) is 4.33. The Morgan fingerprint density at radius 3 is 3.00 bits per heavy atom. The summed E-state index contributed by atoms with van der Waals surface area (Å²) in [4.78, 5) is 12.0. The molecule has 0 aliphatic carbocycles. The molecule has 0 aliphatic rings. The molecule has 2 aromatic rings. The van der Waals surface area contributed by atoms with Crippen LogP contribution in [0.3, 0.4) is 0 Å². The quantitative estimate of drug-likeness (QED) is 0.716. The number of nitrogen functional groups attached to an aromatic ring is 1. The van der Waals surface area contributed by atoms with E-state index in [4.69, 9.17) is 17.3 Å². The minimum absolute atomic E-state index is 0.317. The van der Waals surface area contributed by atoms with Crippen LogP contribution in [0.2, 0.25) is 5.02 Å². The average molecular weight is 267 g/mol. The number of nitrogens with two attached hydrogens (primary N) is 1. The van der Waals surface area contributed by atoms with Gasteiger partial charge in [0.1, 0.15) is 0 Å². The number of nitrogens with one attached hydrogen (secondary N) is 2.